The zero-order valence-corrected chi connectivity index (χ0v) is 40.3. The maximum absolute atomic E-state index is 13.9. The number of unbranched alkanes of at least 4 members (excludes halogenated alkanes) is 9. The van der Waals surface area contributed by atoms with E-state index in [1.807, 2.05) is 0 Å². The molecule has 370 valence electrons. The molecule has 0 saturated heterocycles. The van der Waals surface area contributed by atoms with Crippen molar-refractivity contribution < 1.29 is 74.2 Å². The van der Waals surface area contributed by atoms with E-state index >= 15 is 0 Å². The number of rotatable bonds is 28. The van der Waals surface area contributed by atoms with Gasteiger partial charge in [0.2, 0.25) is 0 Å². The van der Waals surface area contributed by atoms with Crippen LogP contribution in [0.1, 0.15) is 108 Å². The Balaban J connectivity index is 0.00000748. The van der Waals surface area contributed by atoms with Crippen LogP contribution in [0.3, 0.4) is 0 Å². The summed E-state index contributed by atoms with van der Waals surface area (Å²) >= 11 is 0. The lowest BCUT2D eigenvalue weighted by Crippen LogP contribution is -2.33. The van der Waals surface area contributed by atoms with Gasteiger partial charge in [0, 0.05) is 11.8 Å². The fraction of sp³-hybridized carbons (Fsp3) is 0.512. The van der Waals surface area contributed by atoms with Crippen LogP contribution in [0.4, 0.5) is 4.79 Å². The third-order valence-electron chi connectivity index (χ3n) is 9.27. The van der Waals surface area contributed by atoms with Crippen molar-refractivity contribution in [2.75, 3.05) is 13.2 Å². The van der Waals surface area contributed by atoms with Gasteiger partial charge in [-0.2, -0.15) is 8.62 Å². The van der Waals surface area contributed by atoms with Crippen molar-refractivity contribution in [3.05, 3.63) is 104 Å². The number of phosphoric acid groups is 3. The molecule has 0 amide bonds. The highest BCUT2D eigenvalue weighted by Crippen LogP contribution is 2.69. The van der Waals surface area contributed by atoms with Gasteiger partial charge in [-0.1, -0.05) is 109 Å². The molecular weight excluding hydrogens is 929 g/mol. The van der Waals surface area contributed by atoms with Crippen LogP contribution in [0.2, 0.25) is 0 Å². The van der Waals surface area contributed by atoms with Gasteiger partial charge in [0.1, 0.15) is 17.6 Å². The molecule has 25 heteroatoms. The van der Waals surface area contributed by atoms with E-state index < -0.39 is 84.9 Å². The van der Waals surface area contributed by atoms with Gasteiger partial charge in [-0.15, -0.1) is 0 Å². The molecular formula is C41H63N4O18P3. The molecule has 0 saturated carbocycles. The second-order valence-electron chi connectivity index (χ2n) is 15.1. The van der Waals surface area contributed by atoms with Crippen LogP contribution >= 0.6 is 23.5 Å². The molecule has 22 nitrogen and oxygen atoms in total. The summed E-state index contributed by atoms with van der Waals surface area (Å²) in [7, 11) is -16.5. The predicted molar refractivity (Wildman–Crippen MR) is 241 cm³/mol. The van der Waals surface area contributed by atoms with Crippen molar-refractivity contribution in [3.63, 3.8) is 0 Å². The van der Waals surface area contributed by atoms with Crippen LogP contribution in [0.5, 0.6) is 11.5 Å². The number of esters is 1. The van der Waals surface area contributed by atoms with Crippen LogP contribution in [0, 0.1) is 12.8 Å². The molecule has 3 unspecified atom stereocenters. The lowest BCUT2D eigenvalue weighted by Gasteiger charge is -2.22. The predicted octanol–water partition coefficient (Wildman–Crippen LogP) is 9.41. The van der Waals surface area contributed by atoms with E-state index in [0.717, 1.165) is 23.8 Å². The van der Waals surface area contributed by atoms with Gasteiger partial charge in [-0.25, -0.2) is 23.3 Å². The van der Waals surface area contributed by atoms with Crippen LogP contribution in [-0.4, -0.2) is 50.8 Å². The fourth-order valence-corrected chi connectivity index (χ4v) is 9.82. The molecule has 0 fully saturated rings. The first-order chi connectivity index (χ1) is 30.4. The third-order valence-corrected chi connectivity index (χ3v) is 13.9. The highest BCUT2D eigenvalue weighted by atomic mass is 31.3. The molecule has 5 atom stereocenters. The fourth-order valence-electron chi connectivity index (χ4n) is 5.78. The molecule has 66 heavy (non-hydrogen) atoms. The number of benzene rings is 2. The second kappa shape index (κ2) is 28.3. The third kappa shape index (κ3) is 20.8. The van der Waals surface area contributed by atoms with E-state index in [1.165, 1.54) is 112 Å². The van der Waals surface area contributed by atoms with Gasteiger partial charge < -0.3 is 41.0 Å². The summed E-state index contributed by atoms with van der Waals surface area (Å²) in [4.78, 5) is 71.1. The van der Waals surface area contributed by atoms with Gasteiger partial charge in [0.25, 0.3) is 5.56 Å². The first-order valence-corrected chi connectivity index (χ1v) is 25.3. The van der Waals surface area contributed by atoms with Crippen molar-refractivity contribution in [2.45, 2.75) is 117 Å². The number of phosphoric ester groups is 2. The number of aromatic amines is 1. The Hall–Kier alpha value is -4.11. The van der Waals surface area contributed by atoms with Crippen LogP contribution in [-0.2, 0) is 63.4 Å². The molecule has 3 aromatic rings. The Labute approximate surface area is 383 Å². The molecule has 2 aromatic carbocycles. The lowest BCUT2D eigenvalue weighted by molar-refractivity contribution is -0.137. The molecule has 1 aliphatic rings. The molecule has 4 rings (SSSR count). The van der Waals surface area contributed by atoms with Crippen LogP contribution in [0.15, 0.2) is 76.5 Å². The Morgan fingerprint density at radius 2 is 1.27 bits per heavy atom. The van der Waals surface area contributed by atoms with Crippen LogP contribution in [0.25, 0.3) is 0 Å². The number of carbonyl (C=O) groups excluding carboxylic acids is 2. The molecule has 2 heterocycles. The summed E-state index contributed by atoms with van der Waals surface area (Å²) in [5.74, 6) is -0.549. The summed E-state index contributed by atoms with van der Waals surface area (Å²) in [6.07, 6.45) is 12.4. The van der Waals surface area contributed by atoms with Crippen molar-refractivity contribution in [3.8, 4) is 11.5 Å². The van der Waals surface area contributed by atoms with Gasteiger partial charge in [-0.3, -0.25) is 32.7 Å². The second-order valence-corrected chi connectivity index (χ2v) is 19.9. The molecule has 1 aromatic heterocycles. The van der Waals surface area contributed by atoms with Crippen molar-refractivity contribution in [1.29, 1.82) is 0 Å². The number of ether oxygens (including phenoxy) is 4. The Kier molecular flexibility index (Phi) is 24.9. The number of carbonyl (C=O) groups is 2. The SMILES string of the molecule is CCCCCCCCCCCCOC(=O)Oc1ccc(COP(=O)(OCc2ccc(OC(=O)C(C)C)cc2)OP(=O)(O)OP(=O)(O)OC[C@@H]2C=C[C@H](n3cc(C)c(=O)[nH]c3=O)O2)cc1.N.N. The van der Waals surface area contributed by atoms with Gasteiger partial charge >= 0.3 is 41.3 Å². The molecule has 1 aliphatic heterocycles. The Bertz CT molecular complexity index is 2270. The van der Waals surface area contributed by atoms with E-state index in [1.54, 1.807) is 13.8 Å². The number of nitrogens with zero attached hydrogens (tertiary/aromatic N) is 1. The maximum Gasteiger partial charge on any atom is 0.513 e. The van der Waals surface area contributed by atoms with E-state index in [0.29, 0.717) is 17.5 Å². The molecule has 9 N–H and O–H groups in total. The minimum Gasteiger partial charge on any atom is -0.434 e. The monoisotopic (exact) mass is 992 g/mol. The highest BCUT2D eigenvalue weighted by molar-refractivity contribution is 7.67. The van der Waals surface area contributed by atoms with E-state index in [9.17, 15) is 42.7 Å². The Morgan fingerprint density at radius 3 is 1.82 bits per heavy atom. The van der Waals surface area contributed by atoms with Gasteiger partial charge in [0.15, 0.2) is 6.23 Å². The number of aromatic nitrogens is 2. The number of hydrogen-bond acceptors (Lipinski definition) is 18. The molecule has 0 radical (unpaired) electrons. The van der Waals surface area contributed by atoms with Crippen molar-refractivity contribution in [1.82, 2.24) is 21.9 Å². The van der Waals surface area contributed by atoms with Crippen molar-refractivity contribution in [2.24, 2.45) is 5.92 Å². The maximum atomic E-state index is 13.9. The molecule has 0 spiro atoms. The van der Waals surface area contributed by atoms with Gasteiger partial charge in [-0.05, 0) is 54.8 Å². The van der Waals surface area contributed by atoms with Crippen LogP contribution < -0.4 is 33.0 Å². The number of H-pyrrole nitrogens is 1. The average Bonchev–Trinajstić information content (AvgIpc) is 3.71. The normalized spacial score (nSPS) is 17.1. The molecule has 0 aliphatic carbocycles. The number of nitrogens with one attached hydrogen (secondary N) is 1. The van der Waals surface area contributed by atoms with E-state index in [-0.39, 0.29) is 36.0 Å². The first kappa shape index (κ1) is 58.0. The van der Waals surface area contributed by atoms with E-state index in [4.69, 9.17) is 36.8 Å². The number of hydrogen-bond donors (Lipinski definition) is 5. The zero-order valence-electron chi connectivity index (χ0n) is 37.6. The average molecular weight is 993 g/mol. The highest BCUT2D eigenvalue weighted by Gasteiger charge is 2.44. The largest absolute Gasteiger partial charge is 0.513 e. The number of aryl methyl sites for hydroxylation is 1. The Morgan fingerprint density at radius 1 is 0.742 bits per heavy atom. The standard InChI is InChI=1S/C41H57N2O18P3.2H3N/c1-5-6-7-8-9-10-11-12-13-14-25-53-41(47)59-35-21-17-33(18-22-35)28-56-64(52,55-27-32-15-19-34(20-16-32)58-39(45)30(2)3)61-63(50,51)60-62(48,49)54-29-36-23-24-37(57-36)43-26-31(4)38(44)42-40(43)46;;/h15-24,26,30,36-37H,5-14,25,27-29H2,1-4H3,(H,48,49)(H,50,51)(H,42,44,46);2*1H3/t36-,37+,64?;;/m0../s1. The smallest absolute Gasteiger partial charge is 0.434 e. The summed E-state index contributed by atoms with van der Waals surface area (Å²) in [5, 5.41) is 0. The van der Waals surface area contributed by atoms with Gasteiger partial charge in [0.05, 0.1) is 32.3 Å². The summed E-state index contributed by atoms with van der Waals surface area (Å²) in [5.41, 5.74) is -0.553. The topological polar surface area (TPSA) is 334 Å². The quantitative estimate of drug-likeness (QED) is 0.0113. The molecule has 0 bridgehead atoms. The first-order valence-electron chi connectivity index (χ1n) is 20.9. The zero-order chi connectivity index (χ0) is 46.8. The van der Waals surface area contributed by atoms with E-state index in [2.05, 4.69) is 16.2 Å². The minimum atomic E-state index is -5.82. The summed E-state index contributed by atoms with van der Waals surface area (Å²) in [6, 6.07) is 11.4. The van der Waals surface area contributed by atoms with Crippen molar-refractivity contribution >= 4 is 35.6 Å². The minimum absolute atomic E-state index is 0. The summed E-state index contributed by atoms with van der Waals surface area (Å²) < 4.78 is 86.8. The summed E-state index contributed by atoms with van der Waals surface area (Å²) in [6.45, 7) is 5.30. The lowest BCUT2D eigenvalue weighted by atomic mass is 10.1.